The minimum absolute atomic E-state index is 0.424. The third-order valence-corrected chi connectivity index (χ3v) is 3.93. The van der Waals surface area contributed by atoms with Gasteiger partial charge in [-0.2, -0.15) is 5.10 Å². The van der Waals surface area contributed by atoms with Crippen molar-refractivity contribution in [3.8, 4) is 5.82 Å². The van der Waals surface area contributed by atoms with Crippen molar-refractivity contribution in [1.82, 2.24) is 25.1 Å². The second-order valence-electron chi connectivity index (χ2n) is 4.80. The maximum absolute atomic E-state index is 4.58. The average Bonchev–Trinajstić information content (AvgIpc) is 2.64. The normalized spacial score (nSPS) is 11.3. The van der Waals surface area contributed by atoms with Crippen LogP contribution in [0.5, 0.6) is 0 Å². The molecule has 19 heavy (non-hydrogen) atoms. The Balaban J connectivity index is 2.30. The molecule has 0 amide bonds. The summed E-state index contributed by atoms with van der Waals surface area (Å²) in [6.45, 7) is 8.89. The fraction of sp³-hybridized carbons (Fsp3) is 0.462. The number of rotatable bonds is 4. The summed E-state index contributed by atoms with van der Waals surface area (Å²) in [5, 5.41) is 7.79. The Hall–Kier alpha value is -1.27. The molecule has 102 valence electrons. The van der Waals surface area contributed by atoms with Crippen LogP contribution >= 0.6 is 15.9 Å². The molecule has 0 bridgehead atoms. The van der Waals surface area contributed by atoms with E-state index in [4.69, 9.17) is 0 Å². The van der Waals surface area contributed by atoms with Gasteiger partial charge in [0.15, 0.2) is 5.82 Å². The van der Waals surface area contributed by atoms with Crippen LogP contribution in [0.2, 0.25) is 0 Å². The second kappa shape index (κ2) is 5.79. The molecule has 0 aliphatic rings. The van der Waals surface area contributed by atoms with Crippen molar-refractivity contribution >= 4 is 15.9 Å². The van der Waals surface area contributed by atoms with Crippen LogP contribution in [0.15, 0.2) is 16.9 Å². The highest BCUT2D eigenvalue weighted by molar-refractivity contribution is 9.10. The number of hydrogen-bond acceptors (Lipinski definition) is 4. The van der Waals surface area contributed by atoms with Crippen LogP contribution in [0.1, 0.15) is 30.9 Å². The number of halogens is 1. The van der Waals surface area contributed by atoms with Crippen LogP contribution in [-0.2, 0) is 6.54 Å². The van der Waals surface area contributed by atoms with Crippen LogP contribution in [0, 0.1) is 13.8 Å². The van der Waals surface area contributed by atoms with Crippen LogP contribution < -0.4 is 5.32 Å². The highest BCUT2D eigenvalue weighted by atomic mass is 79.9. The van der Waals surface area contributed by atoms with E-state index >= 15 is 0 Å². The first-order chi connectivity index (χ1) is 8.99. The zero-order chi connectivity index (χ0) is 14.0. The minimum Gasteiger partial charge on any atom is -0.309 e. The van der Waals surface area contributed by atoms with Gasteiger partial charge < -0.3 is 5.32 Å². The van der Waals surface area contributed by atoms with E-state index in [1.807, 2.05) is 18.5 Å². The van der Waals surface area contributed by atoms with Crippen molar-refractivity contribution in [3.63, 3.8) is 0 Å². The Morgan fingerprint density at radius 1 is 1.32 bits per heavy atom. The molecule has 0 aliphatic heterocycles. The van der Waals surface area contributed by atoms with Crippen LogP contribution in [0.25, 0.3) is 5.82 Å². The van der Waals surface area contributed by atoms with Gasteiger partial charge >= 0.3 is 0 Å². The summed E-state index contributed by atoms with van der Waals surface area (Å²) in [4.78, 5) is 8.83. The molecule has 5 nitrogen and oxygen atoms in total. The van der Waals surface area contributed by atoms with Crippen molar-refractivity contribution < 1.29 is 0 Å². The highest BCUT2D eigenvalue weighted by Gasteiger charge is 2.11. The first-order valence-corrected chi connectivity index (χ1v) is 7.04. The Kier molecular flexibility index (Phi) is 4.31. The molecule has 2 rings (SSSR count). The lowest BCUT2D eigenvalue weighted by molar-refractivity contribution is 0.578. The third kappa shape index (κ3) is 3.19. The van der Waals surface area contributed by atoms with E-state index in [2.05, 4.69) is 50.2 Å². The van der Waals surface area contributed by atoms with Gasteiger partial charge in [-0.3, -0.25) is 4.98 Å². The summed E-state index contributed by atoms with van der Waals surface area (Å²) in [6, 6.07) is 0.424. The molecule has 1 N–H and O–H groups in total. The Bertz CT molecular complexity index is 576. The van der Waals surface area contributed by atoms with Gasteiger partial charge in [0.2, 0.25) is 0 Å². The molecule has 0 saturated carbocycles. The van der Waals surface area contributed by atoms with Crippen molar-refractivity contribution in [2.45, 2.75) is 40.3 Å². The maximum atomic E-state index is 4.58. The summed E-state index contributed by atoms with van der Waals surface area (Å²) >= 11 is 3.52. The van der Waals surface area contributed by atoms with E-state index < -0.39 is 0 Å². The van der Waals surface area contributed by atoms with Crippen molar-refractivity contribution in [1.29, 1.82) is 0 Å². The Labute approximate surface area is 121 Å². The quantitative estimate of drug-likeness (QED) is 0.939. The second-order valence-corrected chi connectivity index (χ2v) is 5.59. The van der Waals surface area contributed by atoms with Crippen LogP contribution in [-0.4, -0.2) is 25.8 Å². The largest absolute Gasteiger partial charge is 0.309 e. The topological polar surface area (TPSA) is 55.6 Å². The fourth-order valence-corrected chi connectivity index (χ4v) is 1.98. The lowest BCUT2D eigenvalue weighted by Crippen LogP contribution is -2.22. The average molecular weight is 324 g/mol. The summed E-state index contributed by atoms with van der Waals surface area (Å²) < 4.78 is 2.82. The van der Waals surface area contributed by atoms with Crippen LogP contribution in [0.4, 0.5) is 0 Å². The Morgan fingerprint density at radius 2 is 2.05 bits per heavy atom. The van der Waals surface area contributed by atoms with Gasteiger partial charge in [-0.15, -0.1) is 0 Å². The summed E-state index contributed by atoms with van der Waals surface area (Å²) in [7, 11) is 0. The van der Waals surface area contributed by atoms with Crippen molar-refractivity contribution in [2.24, 2.45) is 0 Å². The molecule has 0 spiro atoms. The standard InChI is InChI=1S/C13H18BrN5/c1-8(2)16-6-11-5-15-7-12(17-11)19-10(4)13(14)9(3)18-19/h5,7-8,16H,6H2,1-4H3. The SMILES string of the molecule is Cc1nn(-c2cncc(CNC(C)C)n2)c(C)c1Br. The van der Waals surface area contributed by atoms with Crippen molar-refractivity contribution in [3.05, 3.63) is 33.9 Å². The van der Waals surface area contributed by atoms with E-state index in [-0.39, 0.29) is 0 Å². The van der Waals surface area contributed by atoms with Gasteiger partial charge in [0.05, 0.1) is 27.8 Å². The maximum Gasteiger partial charge on any atom is 0.172 e. The molecule has 6 heteroatoms. The van der Waals surface area contributed by atoms with Gasteiger partial charge in [0.1, 0.15) is 0 Å². The third-order valence-electron chi connectivity index (χ3n) is 2.78. The van der Waals surface area contributed by atoms with E-state index in [0.29, 0.717) is 12.6 Å². The Morgan fingerprint density at radius 3 is 2.63 bits per heavy atom. The van der Waals surface area contributed by atoms with Gasteiger partial charge in [-0.1, -0.05) is 13.8 Å². The molecular weight excluding hydrogens is 306 g/mol. The molecular formula is C13H18BrN5. The minimum atomic E-state index is 0.424. The molecule has 0 saturated heterocycles. The summed E-state index contributed by atoms with van der Waals surface area (Å²) in [6.07, 6.45) is 3.50. The molecule has 0 unspecified atom stereocenters. The molecule has 0 atom stereocenters. The molecule has 2 aromatic heterocycles. The number of nitrogens with zero attached hydrogens (tertiary/aromatic N) is 4. The lowest BCUT2D eigenvalue weighted by Gasteiger charge is -2.09. The zero-order valence-corrected chi connectivity index (χ0v) is 13.2. The van der Waals surface area contributed by atoms with Gasteiger partial charge in [0.25, 0.3) is 0 Å². The van der Waals surface area contributed by atoms with Gasteiger partial charge in [0, 0.05) is 18.8 Å². The van der Waals surface area contributed by atoms with E-state index in [1.54, 1.807) is 12.4 Å². The molecule has 2 heterocycles. The van der Waals surface area contributed by atoms with Gasteiger partial charge in [-0.05, 0) is 29.8 Å². The molecule has 0 aromatic carbocycles. The summed E-state index contributed by atoms with van der Waals surface area (Å²) in [5.74, 6) is 0.745. The number of aromatic nitrogens is 4. The smallest absolute Gasteiger partial charge is 0.172 e. The number of hydrogen-bond donors (Lipinski definition) is 1. The molecule has 0 radical (unpaired) electrons. The molecule has 0 aliphatic carbocycles. The van der Waals surface area contributed by atoms with E-state index in [9.17, 15) is 0 Å². The van der Waals surface area contributed by atoms with E-state index in [0.717, 1.165) is 27.4 Å². The fourth-order valence-electron chi connectivity index (χ4n) is 1.74. The first-order valence-electron chi connectivity index (χ1n) is 6.25. The zero-order valence-electron chi connectivity index (χ0n) is 11.6. The van der Waals surface area contributed by atoms with Gasteiger partial charge in [-0.25, -0.2) is 9.67 Å². The number of nitrogens with one attached hydrogen (secondary N) is 1. The molecule has 0 fully saturated rings. The van der Waals surface area contributed by atoms with Crippen molar-refractivity contribution in [2.75, 3.05) is 0 Å². The highest BCUT2D eigenvalue weighted by Crippen LogP contribution is 2.21. The first kappa shape index (κ1) is 14.1. The molecule has 2 aromatic rings. The number of aryl methyl sites for hydroxylation is 1. The summed E-state index contributed by atoms with van der Waals surface area (Å²) in [5.41, 5.74) is 2.89. The van der Waals surface area contributed by atoms with Crippen LogP contribution in [0.3, 0.4) is 0 Å². The monoisotopic (exact) mass is 323 g/mol. The van der Waals surface area contributed by atoms with E-state index in [1.165, 1.54) is 0 Å². The predicted molar refractivity (Wildman–Crippen MR) is 78.3 cm³/mol. The lowest BCUT2D eigenvalue weighted by atomic mass is 10.3. The predicted octanol–water partition coefficient (Wildman–Crippen LogP) is 2.54.